The highest BCUT2D eigenvalue weighted by Crippen LogP contribution is 2.22. The smallest absolute Gasteiger partial charge is 0.0478 e. The van der Waals surface area contributed by atoms with Gasteiger partial charge in [-0.05, 0) is 12.8 Å². The maximum atomic E-state index is 5.68. The minimum absolute atomic E-state index is 0.468. The number of nitrogens with zero attached hydrogens (tertiary/aromatic N) is 1. The van der Waals surface area contributed by atoms with E-state index in [9.17, 15) is 0 Å². The normalized spacial score (nSPS) is 12.0. The Morgan fingerprint density at radius 1 is 1.22 bits per heavy atom. The second-order valence-corrected chi connectivity index (χ2v) is 3.38. The molecule has 0 aromatic carbocycles. The molecular weight excluding hydrogens is 152 g/mol. The van der Waals surface area contributed by atoms with Crippen LogP contribution in [0.15, 0.2) is 0 Å². The first-order valence-corrected chi connectivity index (χ1v) is 5.42. The third-order valence-corrected chi connectivity index (χ3v) is 2.51. The van der Waals surface area contributed by atoms with Gasteiger partial charge in [0.25, 0.3) is 0 Å². The van der Waals surface area contributed by atoms with Gasteiger partial charge in [0.15, 0.2) is 0 Å². The Morgan fingerprint density at radius 2 is 1.67 bits per heavy atom. The van der Waals surface area contributed by atoms with Crippen molar-refractivity contribution in [3.63, 3.8) is 0 Å². The van der Waals surface area contributed by atoms with Crippen LogP contribution in [0.3, 0.4) is 0 Å². The van der Waals surface area contributed by atoms with E-state index in [4.69, 9.17) is 11.2 Å². The Labute approximate surface area is 64.4 Å². The van der Waals surface area contributed by atoms with Crippen LogP contribution in [0.4, 0.5) is 0 Å². The van der Waals surface area contributed by atoms with Gasteiger partial charge in [-0.15, -0.1) is 0 Å². The van der Waals surface area contributed by atoms with Gasteiger partial charge in [0.1, 0.15) is 0 Å². The van der Waals surface area contributed by atoms with Crippen molar-refractivity contribution in [2.24, 2.45) is 0 Å². The number of hydrogen-bond acceptors (Lipinski definition) is 1. The Morgan fingerprint density at radius 3 is 1.89 bits per heavy atom. The summed E-state index contributed by atoms with van der Waals surface area (Å²) in [5.41, 5.74) is 0. The highest BCUT2D eigenvalue weighted by molar-refractivity contribution is 7.66. The van der Waals surface area contributed by atoms with Crippen molar-refractivity contribution in [2.75, 3.05) is 13.1 Å². The zero-order valence-corrected chi connectivity index (χ0v) is 7.91. The predicted octanol–water partition coefficient (Wildman–Crippen LogP) is 2.86. The Balaban J connectivity index is 3.18. The van der Waals surface area contributed by atoms with Crippen LogP contribution in [0.5, 0.6) is 0 Å². The highest BCUT2D eigenvalue weighted by atomic mass is 35.7. The molecule has 0 aliphatic rings. The van der Waals surface area contributed by atoms with E-state index < -0.39 is 0 Å². The number of halogens is 1. The summed E-state index contributed by atoms with van der Waals surface area (Å²) < 4.78 is 2.28. The maximum absolute atomic E-state index is 5.68. The Bertz CT molecular complexity index is 55.0. The molecule has 0 heterocycles. The van der Waals surface area contributed by atoms with Gasteiger partial charge in [-0.3, -0.25) is 4.67 Å². The summed E-state index contributed by atoms with van der Waals surface area (Å²) in [7, 11) is 0.468. The Kier molecular flexibility index (Phi) is 7.31. The lowest BCUT2D eigenvalue weighted by Gasteiger charge is -2.15. The molecule has 56 valence electrons. The number of hydrogen-bond donors (Lipinski definition) is 0. The molecule has 0 aliphatic carbocycles. The van der Waals surface area contributed by atoms with Crippen LogP contribution in [0, 0.1) is 0 Å². The lowest BCUT2D eigenvalue weighted by atomic mass is 10.4. The molecule has 1 unspecified atom stereocenters. The molecule has 0 N–H and O–H groups in total. The van der Waals surface area contributed by atoms with E-state index in [1.165, 1.54) is 12.8 Å². The molecule has 1 atom stereocenters. The molecule has 3 heteroatoms. The molecule has 0 rings (SSSR count). The molecule has 0 amide bonds. The van der Waals surface area contributed by atoms with E-state index in [1.807, 2.05) is 0 Å². The predicted molar refractivity (Wildman–Crippen MR) is 46.3 cm³/mol. The maximum Gasteiger partial charge on any atom is 0.0478 e. The van der Waals surface area contributed by atoms with E-state index >= 15 is 0 Å². The largest absolute Gasteiger partial charge is 0.272 e. The minimum atomic E-state index is 0.468. The second-order valence-electron chi connectivity index (χ2n) is 2.07. The third kappa shape index (κ3) is 5.14. The van der Waals surface area contributed by atoms with E-state index in [1.54, 1.807) is 0 Å². The van der Waals surface area contributed by atoms with Crippen molar-refractivity contribution in [1.29, 1.82) is 0 Å². The van der Waals surface area contributed by atoms with Gasteiger partial charge in [-0.25, -0.2) is 0 Å². The first-order valence-electron chi connectivity index (χ1n) is 3.46. The quantitative estimate of drug-likeness (QED) is 0.570. The van der Waals surface area contributed by atoms with E-state index in [2.05, 4.69) is 18.5 Å². The molecule has 0 radical (unpaired) electrons. The zero-order valence-electron chi connectivity index (χ0n) is 6.15. The monoisotopic (exact) mass is 167 g/mol. The Hall–Kier alpha value is 0.680. The second kappa shape index (κ2) is 6.80. The first-order chi connectivity index (χ1) is 4.35. The molecule has 0 aliphatic heterocycles. The summed E-state index contributed by atoms with van der Waals surface area (Å²) in [4.78, 5) is 0. The highest BCUT2D eigenvalue weighted by Gasteiger charge is 1.97. The van der Waals surface area contributed by atoms with E-state index in [0.29, 0.717) is 8.08 Å². The van der Waals surface area contributed by atoms with Crippen LogP contribution < -0.4 is 0 Å². The molecule has 0 fully saturated rings. The lowest BCUT2D eigenvalue weighted by molar-refractivity contribution is 0.464. The van der Waals surface area contributed by atoms with Gasteiger partial charge in [0.2, 0.25) is 0 Å². The van der Waals surface area contributed by atoms with Crippen molar-refractivity contribution in [2.45, 2.75) is 26.7 Å². The molecular formula is C6H15ClNP. The molecule has 1 nitrogen and oxygen atoms in total. The summed E-state index contributed by atoms with van der Waals surface area (Å²) in [6.07, 6.45) is 2.42. The summed E-state index contributed by atoms with van der Waals surface area (Å²) in [6.45, 7) is 6.66. The molecule has 0 bridgehead atoms. The third-order valence-electron chi connectivity index (χ3n) is 1.11. The first kappa shape index (κ1) is 9.68. The fraction of sp³-hybridized carbons (Fsp3) is 1.00. The summed E-state index contributed by atoms with van der Waals surface area (Å²) >= 11 is 5.68. The SMILES string of the molecule is CCCN(CCC)PCl. The van der Waals surface area contributed by atoms with Gasteiger partial charge in [-0.2, -0.15) is 0 Å². The lowest BCUT2D eigenvalue weighted by Crippen LogP contribution is -2.14. The topological polar surface area (TPSA) is 3.24 Å². The van der Waals surface area contributed by atoms with Crippen LogP contribution in [0.2, 0.25) is 0 Å². The molecule has 0 aromatic heterocycles. The van der Waals surface area contributed by atoms with Crippen LogP contribution in [0.1, 0.15) is 26.7 Å². The van der Waals surface area contributed by atoms with Crippen molar-refractivity contribution >= 4 is 19.3 Å². The van der Waals surface area contributed by atoms with Gasteiger partial charge < -0.3 is 0 Å². The van der Waals surface area contributed by atoms with Gasteiger partial charge in [0, 0.05) is 21.2 Å². The van der Waals surface area contributed by atoms with Gasteiger partial charge in [-0.1, -0.05) is 25.1 Å². The summed E-state index contributed by atoms with van der Waals surface area (Å²) in [5, 5.41) is 0. The van der Waals surface area contributed by atoms with Crippen molar-refractivity contribution in [3.8, 4) is 0 Å². The van der Waals surface area contributed by atoms with Crippen LogP contribution in [-0.4, -0.2) is 17.8 Å². The zero-order chi connectivity index (χ0) is 7.11. The molecule has 0 aromatic rings. The molecule has 0 spiro atoms. The molecule has 9 heavy (non-hydrogen) atoms. The average molecular weight is 168 g/mol. The number of rotatable bonds is 5. The van der Waals surface area contributed by atoms with Crippen LogP contribution in [0.25, 0.3) is 0 Å². The summed E-state index contributed by atoms with van der Waals surface area (Å²) in [5.74, 6) is 0. The van der Waals surface area contributed by atoms with Crippen molar-refractivity contribution < 1.29 is 0 Å². The van der Waals surface area contributed by atoms with E-state index in [0.717, 1.165) is 13.1 Å². The fourth-order valence-corrected chi connectivity index (χ4v) is 1.86. The van der Waals surface area contributed by atoms with Crippen molar-refractivity contribution in [3.05, 3.63) is 0 Å². The molecule has 0 saturated carbocycles. The van der Waals surface area contributed by atoms with Crippen LogP contribution >= 0.6 is 19.3 Å². The van der Waals surface area contributed by atoms with Crippen LogP contribution in [-0.2, 0) is 0 Å². The summed E-state index contributed by atoms with van der Waals surface area (Å²) in [6, 6.07) is 0. The average Bonchev–Trinajstić information content (AvgIpc) is 1.88. The van der Waals surface area contributed by atoms with E-state index in [-0.39, 0.29) is 0 Å². The van der Waals surface area contributed by atoms with Gasteiger partial charge in [0.05, 0.1) is 0 Å². The van der Waals surface area contributed by atoms with Crippen molar-refractivity contribution in [1.82, 2.24) is 4.67 Å². The minimum Gasteiger partial charge on any atom is -0.272 e. The standard InChI is InChI=1S/C6H15ClNP/c1-3-5-8(9-7)6-4-2/h9H,3-6H2,1-2H3. The van der Waals surface area contributed by atoms with Gasteiger partial charge >= 0.3 is 0 Å². The fourth-order valence-electron chi connectivity index (χ4n) is 0.736. The molecule has 0 saturated heterocycles.